The lowest BCUT2D eigenvalue weighted by atomic mass is 10.1. The molecule has 0 radical (unpaired) electrons. The lowest BCUT2D eigenvalue weighted by Gasteiger charge is -2.09. The van der Waals surface area contributed by atoms with Gasteiger partial charge in [0.05, 0.1) is 22.3 Å². The second-order valence-corrected chi connectivity index (χ2v) is 10.4. The smallest absolute Gasteiger partial charge is 0.148 e. The third-order valence-electron chi connectivity index (χ3n) is 3.80. The highest BCUT2D eigenvalue weighted by Gasteiger charge is 2.18. The monoisotopic (exact) mass is 396 g/mol. The van der Waals surface area contributed by atoms with Gasteiger partial charge in [0.1, 0.15) is 15.4 Å². The van der Waals surface area contributed by atoms with Crippen molar-refractivity contribution in [3.63, 3.8) is 0 Å². The summed E-state index contributed by atoms with van der Waals surface area (Å²) in [5.41, 5.74) is 8.83. The van der Waals surface area contributed by atoms with Crippen LogP contribution >= 0.6 is 22.7 Å². The maximum Gasteiger partial charge on any atom is 0.148 e. The number of sulfone groups is 1. The van der Waals surface area contributed by atoms with Gasteiger partial charge < -0.3 is 11.1 Å². The van der Waals surface area contributed by atoms with Crippen LogP contribution in [-0.2, 0) is 22.8 Å². The van der Waals surface area contributed by atoms with Crippen molar-refractivity contribution < 1.29 is 8.42 Å². The number of nitrogens with one attached hydrogen (secondary N) is 1. The minimum Gasteiger partial charge on any atom is -0.378 e. The lowest BCUT2D eigenvalue weighted by Crippen LogP contribution is -2.31. The molecule has 25 heavy (non-hydrogen) atoms. The first kappa shape index (κ1) is 18.2. The largest absolute Gasteiger partial charge is 0.378 e. The van der Waals surface area contributed by atoms with Crippen LogP contribution < -0.4 is 11.1 Å². The van der Waals surface area contributed by atoms with Crippen LogP contribution in [0.4, 0.5) is 5.69 Å². The van der Waals surface area contributed by atoms with Gasteiger partial charge in [-0.3, -0.25) is 0 Å². The van der Waals surface area contributed by atoms with E-state index in [2.05, 4.69) is 21.6 Å². The number of fused-ring (bicyclic) bond motifs is 1. The molecule has 0 aliphatic carbocycles. The fourth-order valence-corrected chi connectivity index (χ4v) is 5.52. The van der Waals surface area contributed by atoms with Crippen LogP contribution in [0.15, 0.2) is 23.7 Å². The van der Waals surface area contributed by atoms with E-state index in [0.717, 1.165) is 32.9 Å². The molecule has 0 aliphatic heterocycles. The zero-order valence-electron chi connectivity index (χ0n) is 14.0. The number of nitrogens with zero attached hydrogens (tertiary/aromatic N) is 2. The summed E-state index contributed by atoms with van der Waals surface area (Å²) in [6.07, 6.45) is 3.46. The molecule has 3 rings (SSSR count). The molecule has 0 aliphatic rings. The van der Waals surface area contributed by atoms with E-state index in [1.807, 2.05) is 18.4 Å². The van der Waals surface area contributed by atoms with Crippen LogP contribution in [0.25, 0.3) is 10.2 Å². The zero-order chi connectivity index (χ0) is 18.0. The number of hydrogen-bond donors (Lipinski definition) is 2. The number of anilines is 1. The summed E-state index contributed by atoms with van der Waals surface area (Å²) in [4.78, 5) is 2.31. The second kappa shape index (κ2) is 7.36. The molecule has 1 atom stereocenters. The molecule has 9 heteroatoms. The third kappa shape index (κ3) is 4.55. The lowest BCUT2D eigenvalue weighted by molar-refractivity contribution is 0.592. The molecular weight excluding hydrogens is 376 g/mol. The Morgan fingerprint density at radius 2 is 2.20 bits per heavy atom. The van der Waals surface area contributed by atoms with Gasteiger partial charge >= 0.3 is 0 Å². The first-order valence-corrected chi connectivity index (χ1v) is 11.5. The third-order valence-corrected chi connectivity index (χ3v) is 7.05. The summed E-state index contributed by atoms with van der Waals surface area (Å²) < 4.78 is 23.9. The average Bonchev–Trinajstić information content (AvgIpc) is 3.13. The van der Waals surface area contributed by atoms with E-state index in [0.29, 0.717) is 6.42 Å². The Hall–Kier alpha value is -1.55. The predicted molar refractivity (Wildman–Crippen MR) is 105 cm³/mol. The van der Waals surface area contributed by atoms with Gasteiger partial charge in [-0.1, -0.05) is 6.07 Å². The predicted octanol–water partition coefficient (Wildman–Crippen LogP) is 2.59. The molecule has 0 amide bonds. The molecule has 0 bridgehead atoms. The van der Waals surface area contributed by atoms with Crippen molar-refractivity contribution in [1.29, 1.82) is 0 Å². The highest BCUT2D eigenvalue weighted by Crippen LogP contribution is 2.34. The molecular formula is C16H20N4O2S3. The number of aryl methyl sites for hydroxylation is 1. The van der Waals surface area contributed by atoms with Crippen molar-refractivity contribution in [2.24, 2.45) is 5.73 Å². The standard InChI is InChI=1S/C16H20N4O2S3/c1-10-14(6-11(17)9-25(2,21)22)24-16-13(8-19-20-15(10)16)18-7-12-4-3-5-23-12/h3-5,8,11H,6-7,9,17H2,1-2H3,(H,18,20). The number of rotatable bonds is 7. The van der Waals surface area contributed by atoms with Crippen LogP contribution in [0.5, 0.6) is 0 Å². The topological polar surface area (TPSA) is 98.0 Å². The van der Waals surface area contributed by atoms with Crippen molar-refractivity contribution in [1.82, 2.24) is 10.2 Å². The molecule has 0 fully saturated rings. The van der Waals surface area contributed by atoms with E-state index in [9.17, 15) is 8.42 Å². The van der Waals surface area contributed by atoms with Crippen molar-refractivity contribution >= 4 is 48.4 Å². The molecule has 0 spiro atoms. The first-order chi connectivity index (χ1) is 11.8. The Balaban J connectivity index is 1.84. The Labute approximate surface area is 155 Å². The van der Waals surface area contributed by atoms with Gasteiger partial charge in [-0.25, -0.2) is 8.42 Å². The molecule has 134 valence electrons. The summed E-state index contributed by atoms with van der Waals surface area (Å²) >= 11 is 3.31. The normalized spacial score (nSPS) is 13.2. The van der Waals surface area contributed by atoms with Gasteiger partial charge in [0.15, 0.2) is 0 Å². The SMILES string of the molecule is Cc1c(CC(N)CS(C)(=O)=O)sc2c(NCc3cccs3)cnnc12. The maximum atomic E-state index is 11.4. The number of aromatic nitrogens is 2. The van der Waals surface area contributed by atoms with E-state index in [1.165, 1.54) is 11.1 Å². The molecule has 1 unspecified atom stereocenters. The van der Waals surface area contributed by atoms with Gasteiger partial charge in [0, 0.05) is 28.6 Å². The first-order valence-electron chi connectivity index (χ1n) is 7.76. The summed E-state index contributed by atoms with van der Waals surface area (Å²) in [6, 6.07) is 3.69. The van der Waals surface area contributed by atoms with E-state index >= 15 is 0 Å². The van der Waals surface area contributed by atoms with Crippen LogP contribution in [0.2, 0.25) is 0 Å². The number of thiophene rings is 2. The quantitative estimate of drug-likeness (QED) is 0.637. The zero-order valence-corrected chi connectivity index (χ0v) is 16.5. The summed E-state index contributed by atoms with van der Waals surface area (Å²) in [5, 5.41) is 13.8. The van der Waals surface area contributed by atoms with E-state index in [4.69, 9.17) is 5.73 Å². The molecule has 0 saturated heterocycles. The summed E-state index contributed by atoms with van der Waals surface area (Å²) in [5.74, 6) is -0.0180. The molecule has 3 aromatic rings. The van der Waals surface area contributed by atoms with Gasteiger partial charge in [-0.15, -0.1) is 27.8 Å². The van der Waals surface area contributed by atoms with Crippen molar-refractivity contribution in [2.75, 3.05) is 17.3 Å². The Bertz CT molecular complexity index is 965. The summed E-state index contributed by atoms with van der Waals surface area (Å²) in [6.45, 7) is 2.72. The van der Waals surface area contributed by atoms with Crippen molar-refractivity contribution in [3.8, 4) is 0 Å². The molecule has 0 aromatic carbocycles. The highest BCUT2D eigenvalue weighted by molar-refractivity contribution is 7.90. The van der Waals surface area contributed by atoms with Gasteiger partial charge in [0.25, 0.3) is 0 Å². The van der Waals surface area contributed by atoms with E-state index < -0.39 is 15.9 Å². The fraction of sp³-hybridized carbons (Fsp3) is 0.375. The minimum atomic E-state index is -3.09. The molecule has 3 aromatic heterocycles. The maximum absolute atomic E-state index is 11.4. The summed E-state index contributed by atoms with van der Waals surface area (Å²) in [7, 11) is -3.09. The van der Waals surface area contributed by atoms with Crippen LogP contribution in [0, 0.1) is 6.92 Å². The molecule has 0 saturated carbocycles. The number of hydrogen-bond acceptors (Lipinski definition) is 8. The Kier molecular flexibility index (Phi) is 5.38. The Morgan fingerprint density at radius 3 is 2.88 bits per heavy atom. The van der Waals surface area contributed by atoms with Crippen LogP contribution in [0.1, 0.15) is 15.3 Å². The van der Waals surface area contributed by atoms with E-state index in [1.54, 1.807) is 28.9 Å². The highest BCUT2D eigenvalue weighted by atomic mass is 32.2. The molecule has 6 nitrogen and oxygen atoms in total. The van der Waals surface area contributed by atoms with Gasteiger partial charge in [0.2, 0.25) is 0 Å². The Morgan fingerprint density at radius 1 is 1.40 bits per heavy atom. The molecule has 3 heterocycles. The van der Waals surface area contributed by atoms with Crippen LogP contribution in [0.3, 0.4) is 0 Å². The van der Waals surface area contributed by atoms with Gasteiger partial charge in [-0.05, 0) is 30.4 Å². The van der Waals surface area contributed by atoms with E-state index in [-0.39, 0.29) is 5.75 Å². The number of nitrogens with two attached hydrogens (primary N) is 1. The fourth-order valence-electron chi connectivity index (χ4n) is 2.66. The van der Waals surface area contributed by atoms with Crippen molar-refractivity contribution in [2.45, 2.75) is 25.9 Å². The van der Waals surface area contributed by atoms with Crippen molar-refractivity contribution in [3.05, 3.63) is 39.0 Å². The van der Waals surface area contributed by atoms with Gasteiger partial charge in [-0.2, -0.15) is 5.10 Å². The minimum absolute atomic E-state index is 0.0180. The second-order valence-electron chi connectivity index (χ2n) is 6.08. The molecule has 3 N–H and O–H groups in total. The average molecular weight is 397 g/mol. The van der Waals surface area contributed by atoms with Crippen LogP contribution in [-0.4, -0.2) is 36.7 Å².